The maximum atomic E-state index is 11.2. The molecule has 0 heterocycles. The van der Waals surface area contributed by atoms with Crippen molar-refractivity contribution in [2.45, 2.75) is 12.8 Å². The van der Waals surface area contributed by atoms with Gasteiger partial charge in [-0.1, -0.05) is 48.2 Å². The van der Waals surface area contributed by atoms with E-state index in [4.69, 9.17) is 0 Å². The Kier molecular flexibility index (Phi) is 6.77. The van der Waals surface area contributed by atoms with Crippen LogP contribution in [-0.2, 0) is 4.79 Å². The van der Waals surface area contributed by atoms with Crippen LogP contribution in [-0.4, -0.2) is 12.5 Å². The molecule has 0 unspecified atom stereocenters. The van der Waals surface area contributed by atoms with Crippen molar-refractivity contribution in [3.8, 4) is 11.8 Å². The molecule has 0 aliphatic heterocycles. The van der Waals surface area contributed by atoms with Gasteiger partial charge in [0.2, 0.25) is 5.91 Å². The summed E-state index contributed by atoms with van der Waals surface area (Å²) < 4.78 is 0. The third-order valence-corrected chi connectivity index (χ3v) is 2.18. The van der Waals surface area contributed by atoms with Crippen molar-refractivity contribution in [1.29, 1.82) is 0 Å². The summed E-state index contributed by atoms with van der Waals surface area (Å²) >= 11 is 0. The highest BCUT2D eigenvalue weighted by Gasteiger charge is 1.95. The van der Waals surface area contributed by atoms with Crippen LogP contribution in [0.4, 0.5) is 0 Å². The third-order valence-electron chi connectivity index (χ3n) is 2.18. The van der Waals surface area contributed by atoms with E-state index in [-0.39, 0.29) is 5.91 Å². The van der Waals surface area contributed by atoms with Crippen LogP contribution in [0.2, 0.25) is 0 Å². The molecule has 0 atom stereocenters. The molecule has 0 fully saturated rings. The van der Waals surface area contributed by atoms with Crippen LogP contribution in [0.3, 0.4) is 0 Å². The molecular weight excluding hydrogens is 222 g/mol. The van der Waals surface area contributed by atoms with Crippen molar-refractivity contribution >= 4 is 12.0 Å². The molecule has 1 aromatic rings. The van der Waals surface area contributed by atoms with Gasteiger partial charge in [-0.2, -0.15) is 0 Å². The second-order valence-corrected chi connectivity index (χ2v) is 3.66. The van der Waals surface area contributed by atoms with Crippen LogP contribution in [0, 0.1) is 11.8 Å². The summed E-state index contributed by atoms with van der Waals surface area (Å²) in [4.78, 5) is 11.2. The number of hydrogen-bond donors (Lipinski definition) is 1. The number of nitrogens with one attached hydrogen (secondary N) is 1. The predicted molar refractivity (Wildman–Crippen MR) is 75.7 cm³/mol. The second kappa shape index (κ2) is 8.83. The fraction of sp³-hybridized carbons (Fsp3) is 0.188. The first-order chi connectivity index (χ1) is 8.83. The first-order valence-corrected chi connectivity index (χ1v) is 5.90. The van der Waals surface area contributed by atoms with Crippen molar-refractivity contribution in [2.24, 2.45) is 0 Å². The van der Waals surface area contributed by atoms with Gasteiger partial charge < -0.3 is 5.32 Å². The van der Waals surface area contributed by atoms with E-state index in [1.165, 1.54) is 0 Å². The van der Waals surface area contributed by atoms with Crippen LogP contribution >= 0.6 is 0 Å². The molecule has 2 nitrogen and oxygen atoms in total. The van der Waals surface area contributed by atoms with E-state index in [2.05, 4.69) is 23.7 Å². The van der Waals surface area contributed by atoms with Crippen LogP contribution < -0.4 is 5.32 Å². The van der Waals surface area contributed by atoms with Crippen LogP contribution in [0.25, 0.3) is 6.08 Å². The number of benzene rings is 1. The Balaban J connectivity index is 2.24. The molecule has 0 spiro atoms. The molecule has 0 radical (unpaired) electrons. The second-order valence-electron chi connectivity index (χ2n) is 3.66. The lowest BCUT2D eigenvalue weighted by molar-refractivity contribution is -0.120. The monoisotopic (exact) mass is 239 g/mol. The lowest BCUT2D eigenvalue weighted by Crippen LogP contribution is -2.22. The van der Waals surface area contributed by atoms with Crippen molar-refractivity contribution in [3.63, 3.8) is 0 Å². The fourth-order valence-electron chi connectivity index (χ4n) is 1.28. The Labute approximate surface area is 108 Å². The van der Waals surface area contributed by atoms with Crippen molar-refractivity contribution in [3.05, 3.63) is 54.6 Å². The van der Waals surface area contributed by atoms with Gasteiger partial charge in [0.25, 0.3) is 0 Å². The molecule has 0 saturated heterocycles. The van der Waals surface area contributed by atoms with E-state index in [0.717, 1.165) is 5.56 Å². The van der Waals surface area contributed by atoms with Gasteiger partial charge in [0.05, 0.1) is 0 Å². The lowest BCUT2D eigenvalue weighted by atomic mass is 10.2. The maximum Gasteiger partial charge on any atom is 0.221 e. The number of carbonyl (C=O) groups is 1. The van der Waals surface area contributed by atoms with E-state index in [9.17, 15) is 4.79 Å². The molecule has 18 heavy (non-hydrogen) atoms. The summed E-state index contributed by atoms with van der Waals surface area (Å²) in [6, 6.07) is 9.97. The molecule has 2 heteroatoms. The Morgan fingerprint density at radius 1 is 1.33 bits per heavy atom. The van der Waals surface area contributed by atoms with Gasteiger partial charge in [-0.3, -0.25) is 4.79 Å². The average molecular weight is 239 g/mol. The molecule has 92 valence electrons. The molecule has 1 amide bonds. The van der Waals surface area contributed by atoms with Gasteiger partial charge in [0.15, 0.2) is 0 Å². The number of allylic oxidation sites excluding steroid dienone is 1. The van der Waals surface area contributed by atoms with E-state index < -0.39 is 0 Å². The first-order valence-electron chi connectivity index (χ1n) is 5.90. The fourth-order valence-corrected chi connectivity index (χ4v) is 1.28. The minimum Gasteiger partial charge on any atom is -0.353 e. The molecule has 1 rings (SSSR count). The molecule has 0 aliphatic rings. The van der Waals surface area contributed by atoms with Gasteiger partial charge in [0.1, 0.15) is 0 Å². The summed E-state index contributed by atoms with van der Waals surface area (Å²) in [5.74, 6) is 5.86. The topological polar surface area (TPSA) is 29.1 Å². The highest BCUT2D eigenvalue weighted by Crippen LogP contribution is 1.99. The Hall–Kier alpha value is -2.27. The number of amides is 1. The normalized spacial score (nSPS) is 9.56. The van der Waals surface area contributed by atoms with E-state index in [0.29, 0.717) is 19.4 Å². The molecule has 0 aromatic heterocycles. The number of rotatable bonds is 5. The van der Waals surface area contributed by atoms with Crippen LogP contribution in [0.5, 0.6) is 0 Å². The minimum absolute atomic E-state index is 0.0104. The van der Waals surface area contributed by atoms with Crippen LogP contribution in [0.1, 0.15) is 18.4 Å². The summed E-state index contributed by atoms with van der Waals surface area (Å²) in [6.07, 6.45) is 6.41. The van der Waals surface area contributed by atoms with Crippen molar-refractivity contribution < 1.29 is 4.79 Å². The van der Waals surface area contributed by atoms with Crippen molar-refractivity contribution in [2.75, 3.05) is 6.54 Å². The average Bonchev–Trinajstić information content (AvgIpc) is 2.41. The first kappa shape index (κ1) is 13.8. The SMILES string of the molecule is C=CCNC(=O)CCC#C/C=C/c1ccccc1. The maximum absolute atomic E-state index is 11.2. The van der Waals surface area contributed by atoms with Gasteiger partial charge in [-0.15, -0.1) is 6.58 Å². The summed E-state index contributed by atoms with van der Waals surface area (Å²) in [5, 5.41) is 2.71. The summed E-state index contributed by atoms with van der Waals surface area (Å²) in [7, 11) is 0. The summed E-state index contributed by atoms with van der Waals surface area (Å²) in [6.45, 7) is 4.04. The van der Waals surface area contributed by atoms with E-state index >= 15 is 0 Å². The molecule has 1 aromatic carbocycles. The standard InChI is InChI=1S/C16H17NO/c1-2-14-17-16(18)13-9-4-3-6-10-15-11-7-5-8-12-15/h2,5-8,10-12H,1,9,13-14H2,(H,17,18)/b10-6+. The molecule has 0 bridgehead atoms. The van der Waals surface area contributed by atoms with Crippen LogP contribution in [0.15, 0.2) is 49.1 Å². The Bertz CT molecular complexity index is 463. The molecular formula is C16H17NO. The lowest BCUT2D eigenvalue weighted by Gasteiger charge is -1.97. The number of carbonyl (C=O) groups excluding carboxylic acids is 1. The van der Waals surface area contributed by atoms with Gasteiger partial charge in [-0.05, 0) is 17.7 Å². The minimum atomic E-state index is 0.0104. The van der Waals surface area contributed by atoms with Gasteiger partial charge in [0, 0.05) is 19.4 Å². The number of hydrogen-bond acceptors (Lipinski definition) is 1. The third kappa shape index (κ3) is 6.34. The van der Waals surface area contributed by atoms with Gasteiger partial charge >= 0.3 is 0 Å². The molecule has 0 aliphatic carbocycles. The van der Waals surface area contributed by atoms with E-state index in [1.807, 2.05) is 36.4 Å². The zero-order valence-electron chi connectivity index (χ0n) is 10.4. The smallest absolute Gasteiger partial charge is 0.221 e. The zero-order valence-corrected chi connectivity index (χ0v) is 10.4. The predicted octanol–water partition coefficient (Wildman–Crippen LogP) is 2.79. The van der Waals surface area contributed by atoms with Crippen molar-refractivity contribution in [1.82, 2.24) is 5.32 Å². The van der Waals surface area contributed by atoms with Gasteiger partial charge in [-0.25, -0.2) is 0 Å². The largest absolute Gasteiger partial charge is 0.353 e. The molecule has 1 N–H and O–H groups in total. The summed E-state index contributed by atoms with van der Waals surface area (Å²) in [5.41, 5.74) is 1.12. The quantitative estimate of drug-likeness (QED) is 0.621. The molecule has 0 saturated carbocycles. The highest BCUT2D eigenvalue weighted by atomic mass is 16.1. The zero-order chi connectivity index (χ0) is 13.1. The Morgan fingerprint density at radius 2 is 2.11 bits per heavy atom. The Morgan fingerprint density at radius 3 is 2.83 bits per heavy atom. The highest BCUT2D eigenvalue weighted by molar-refractivity contribution is 5.76. The van der Waals surface area contributed by atoms with E-state index in [1.54, 1.807) is 12.2 Å².